The van der Waals surface area contributed by atoms with E-state index in [1.807, 2.05) is 0 Å². The maximum Gasteiger partial charge on any atom is 0.273 e. The number of piperidine rings is 1. The summed E-state index contributed by atoms with van der Waals surface area (Å²) in [4.78, 5) is 53.8. The number of sulfonamides is 1. The number of rotatable bonds is 14. The van der Waals surface area contributed by atoms with Crippen molar-refractivity contribution in [2.24, 2.45) is 11.3 Å². The molecule has 1 N–H and O–H groups in total. The van der Waals surface area contributed by atoms with Crippen LogP contribution >= 0.6 is 0 Å². The van der Waals surface area contributed by atoms with Crippen molar-refractivity contribution < 1.29 is 42.3 Å². The van der Waals surface area contributed by atoms with Crippen LogP contribution in [0.15, 0.2) is 66.1 Å². The van der Waals surface area contributed by atoms with Crippen LogP contribution < -0.4 is 0 Å². The summed E-state index contributed by atoms with van der Waals surface area (Å²) in [5.41, 5.74) is -4.57. The van der Waals surface area contributed by atoms with Crippen LogP contribution in [0.5, 0.6) is 0 Å². The number of amides is 3. The fourth-order valence-corrected chi connectivity index (χ4v) is 8.66. The van der Waals surface area contributed by atoms with E-state index in [-0.39, 0.29) is 31.5 Å². The molecule has 0 saturated carbocycles. The quantitative estimate of drug-likeness (QED) is 0.106. The molecule has 13 nitrogen and oxygen atoms in total. The minimum absolute atomic E-state index is 0.0221. The minimum Gasteiger partial charge on any atom is -0.375 e. The predicted molar refractivity (Wildman–Crippen MR) is 155 cm³/mol. The summed E-state index contributed by atoms with van der Waals surface area (Å²) in [6.45, 7) is 8.07. The van der Waals surface area contributed by atoms with Crippen molar-refractivity contribution in [1.29, 1.82) is 0 Å². The zero-order valence-electron chi connectivity index (χ0n) is 24.1. The molecule has 1 aromatic rings. The number of non-ortho nitro benzene ring substituents is 1. The van der Waals surface area contributed by atoms with Gasteiger partial charge in [0, 0.05) is 18.7 Å². The van der Waals surface area contributed by atoms with Crippen LogP contribution in [-0.2, 0) is 33.9 Å². The number of likely N-dealkylation sites (tertiary alicyclic amines) is 1. The molecular formula is C30H35N3O10S. The SMILES string of the molecule is C=CCCCCN1C(=O)[C@H]2[C@@]3(O)C=C(CCC=C)C(N(S(=O)(=O)c4ccc([N+](=O)[O-])cc4)C3=O)[C@@]2(CCC2OCCO2)C1=O. The van der Waals surface area contributed by atoms with Crippen LogP contribution in [-0.4, -0.2) is 83.1 Å². The van der Waals surface area contributed by atoms with Crippen LogP contribution in [0.25, 0.3) is 0 Å². The highest BCUT2D eigenvalue weighted by atomic mass is 32.2. The van der Waals surface area contributed by atoms with Gasteiger partial charge in [-0.25, -0.2) is 12.7 Å². The Morgan fingerprint density at radius 3 is 2.32 bits per heavy atom. The third-order valence-corrected chi connectivity index (χ3v) is 10.7. The first-order chi connectivity index (χ1) is 20.9. The van der Waals surface area contributed by atoms with E-state index in [0.29, 0.717) is 48.8 Å². The van der Waals surface area contributed by atoms with E-state index in [1.54, 1.807) is 12.2 Å². The van der Waals surface area contributed by atoms with Crippen LogP contribution in [0.3, 0.4) is 0 Å². The first-order valence-corrected chi connectivity index (χ1v) is 16.0. The highest BCUT2D eigenvalue weighted by molar-refractivity contribution is 7.89. The number of benzene rings is 1. The lowest BCUT2D eigenvalue weighted by Gasteiger charge is -2.57. The summed E-state index contributed by atoms with van der Waals surface area (Å²) in [6, 6.07) is 2.53. The number of hydrogen-bond donors (Lipinski definition) is 1. The van der Waals surface area contributed by atoms with Gasteiger partial charge in [-0.1, -0.05) is 12.2 Å². The molecule has 14 heteroatoms. The van der Waals surface area contributed by atoms with Gasteiger partial charge in [0.2, 0.25) is 11.8 Å². The zero-order valence-corrected chi connectivity index (χ0v) is 24.9. The summed E-state index contributed by atoms with van der Waals surface area (Å²) in [5.74, 6) is -4.24. The fraction of sp³-hybridized carbons (Fsp3) is 0.500. The highest BCUT2D eigenvalue weighted by Crippen LogP contribution is 2.61. The summed E-state index contributed by atoms with van der Waals surface area (Å²) >= 11 is 0. The van der Waals surface area contributed by atoms with Crippen molar-refractivity contribution in [3.8, 4) is 0 Å². The smallest absolute Gasteiger partial charge is 0.273 e. The topological polar surface area (TPSA) is 174 Å². The second-order valence-electron chi connectivity index (χ2n) is 11.4. The number of nitro groups is 1. The fourth-order valence-electron chi connectivity index (χ4n) is 6.99. The Labute approximate surface area is 255 Å². The van der Waals surface area contributed by atoms with Gasteiger partial charge in [0.05, 0.1) is 40.4 Å². The average molecular weight is 630 g/mol. The molecule has 6 rings (SSSR count). The standard InChI is InChI=1S/C30H35N3O10S/c1-3-5-7-8-16-31-26(34)24-29(27(31)35,15-14-23-42-17-18-43-23)25-20(9-6-4-2)19-30(24,37)28(36)32(25)44(40,41)22-12-10-21(11-13-22)33(38)39/h3-4,10-13,19,23-25,37H,1-2,5-9,14-18H2/t24-,25?,29+,30+/m1/s1. The molecule has 0 spiro atoms. The molecule has 3 amide bonds. The first kappa shape index (κ1) is 31.7. The number of imide groups is 1. The van der Waals surface area contributed by atoms with E-state index < -0.39 is 66.8 Å². The molecule has 44 heavy (non-hydrogen) atoms. The van der Waals surface area contributed by atoms with E-state index in [0.717, 1.165) is 29.2 Å². The predicted octanol–water partition coefficient (Wildman–Crippen LogP) is 2.61. The Kier molecular flexibility index (Phi) is 8.64. The third-order valence-electron chi connectivity index (χ3n) is 8.90. The number of allylic oxidation sites excluding steroid dienone is 2. The number of nitro benzene ring substituents is 1. The molecule has 5 aliphatic rings. The Bertz CT molecular complexity index is 1520. The van der Waals surface area contributed by atoms with E-state index in [2.05, 4.69) is 13.2 Å². The number of ether oxygens (including phenoxy) is 2. The zero-order chi connectivity index (χ0) is 31.9. The van der Waals surface area contributed by atoms with Gasteiger partial charge in [-0.3, -0.25) is 29.4 Å². The third kappa shape index (κ3) is 4.89. The lowest BCUT2D eigenvalue weighted by atomic mass is 9.54. The number of aliphatic hydroxyl groups is 1. The Morgan fingerprint density at radius 1 is 1.05 bits per heavy atom. The number of carbonyl (C=O) groups is 3. The van der Waals surface area contributed by atoms with Crippen molar-refractivity contribution in [2.45, 2.75) is 67.8 Å². The van der Waals surface area contributed by atoms with Gasteiger partial charge >= 0.3 is 0 Å². The molecule has 0 aromatic heterocycles. The number of fused-ring (bicyclic) bond motifs is 1. The van der Waals surface area contributed by atoms with Crippen molar-refractivity contribution in [1.82, 2.24) is 9.21 Å². The largest absolute Gasteiger partial charge is 0.375 e. The van der Waals surface area contributed by atoms with Crippen LogP contribution in [0, 0.1) is 21.4 Å². The summed E-state index contributed by atoms with van der Waals surface area (Å²) in [7, 11) is -4.80. The van der Waals surface area contributed by atoms with E-state index in [9.17, 15) is 38.0 Å². The van der Waals surface area contributed by atoms with E-state index in [4.69, 9.17) is 9.47 Å². The number of unbranched alkanes of at least 4 members (excludes halogenated alkanes) is 2. The summed E-state index contributed by atoms with van der Waals surface area (Å²) in [5, 5.41) is 23.4. The number of hydrogen-bond acceptors (Lipinski definition) is 10. The lowest BCUT2D eigenvalue weighted by Crippen LogP contribution is -2.75. The van der Waals surface area contributed by atoms with Crippen molar-refractivity contribution in [2.75, 3.05) is 19.8 Å². The molecule has 0 radical (unpaired) electrons. The van der Waals surface area contributed by atoms with Crippen molar-refractivity contribution in [3.63, 3.8) is 0 Å². The van der Waals surface area contributed by atoms with E-state index in [1.165, 1.54) is 6.08 Å². The normalized spacial score (nSPS) is 28.4. The maximum atomic E-state index is 14.6. The van der Waals surface area contributed by atoms with Gasteiger partial charge in [0.25, 0.3) is 21.6 Å². The summed E-state index contributed by atoms with van der Waals surface area (Å²) < 4.78 is 40.2. The maximum absolute atomic E-state index is 14.6. The van der Waals surface area contributed by atoms with Gasteiger partial charge in [-0.2, -0.15) is 0 Å². The Morgan fingerprint density at radius 2 is 1.70 bits per heavy atom. The molecule has 1 aliphatic carbocycles. The van der Waals surface area contributed by atoms with Gasteiger partial charge in [-0.05, 0) is 68.7 Å². The molecule has 3 fully saturated rings. The Hall–Kier alpha value is -3.72. The van der Waals surface area contributed by atoms with Crippen LogP contribution in [0.2, 0.25) is 0 Å². The lowest BCUT2D eigenvalue weighted by molar-refractivity contribution is -0.384. The number of nitrogens with zero attached hydrogens (tertiary/aromatic N) is 3. The molecule has 2 bridgehead atoms. The summed E-state index contributed by atoms with van der Waals surface area (Å²) in [6.07, 6.45) is 6.02. The molecular weight excluding hydrogens is 594 g/mol. The second kappa shape index (κ2) is 12.0. The Balaban J connectivity index is 1.67. The molecule has 4 aliphatic heterocycles. The van der Waals surface area contributed by atoms with Crippen molar-refractivity contribution in [3.05, 3.63) is 71.3 Å². The van der Waals surface area contributed by atoms with Crippen LogP contribution in [0.1, 0.15) is 44.9 Å². The molecule has 1 aromatic carbocycles. The minimum atomic E-state index is -4.80. The van der Waals surface area contributed by atoms with E-state index >= 15 is 0 Å². The van der Waals surface area contributed by atoms with Crippen molar-refractivity contribution >= 4 is 33.4 Å². The molecule has 4 atom stereocenters. The molecule has 4 heterocycles. The van der Waals surface area contributed by atoms with Gasteiger partial charge in [0.15, 0.2) is 11.9 Å². The monoisotopic (exact) mass is 629 g/mol. The van der Waals surface area contributed by atoms with Gasteiger partial charge in [0.1, 0.15) is 0 Å². The van der Waals surface area contributed by atoms with Crippen LogP contribution in [0.4, 0.5) is 5.69 Å². The molecule has 3 saturated heterocycles. The second-order valence-corrected chi connectivity index (χ2v) is 13.2. The first-order valence-electron chi connectivity index (χ1n) is 14.5. The van der Waals surface area contributed by atoms with Gasteiger partial charge in [-0.15, -0.1) is 13.2 Å². The number of carbonyl (C=O) groups excluding carboxylic acids is 3. The molecule has 1 unspecified atom stereocenters. The average Bonchev–Trinajstić information content (AvgIpc) is 3.60. The molecule has 236 valence electrons. The highest BCUT2D eigenvalue weighted by Gasteiger charge is 2.78. The van der Waals surface area contributed by atoms with Gasteiger partial charge < -0.3 is 14.6 Å².